The molecule has 0 saturated carbocycles. The zero-order valence-electron chi connectivity index (χ0n) is 9.65. The third kappa shape index (κ3) is 3.71. The van der Waals surface area contributed by atoms with Crippen LogP contribution in [0.3, 0.4) is 0 Å². The largest absolute Gasteiger partial charge is 0.479 e. The topological polar surface area (TPSA) is 74.6 Å². The summed E-state index contributed by atoms with van der Waals surface area (Å²) >= 11 is 5.32. The van der Waals surface area contributed by atoms with E-state index in [2.05, 4.69) is 0 Å². The van der Waals surface area contributed by atoms with Crippen LogP contribution < -0.4 is 0 Å². The summed E-state index contributed by atoms with van der Waals surface area (Å²) in [7, 11) is 0. The zero-order valence-corrected chi connectivity index (χ0v) is 10.4. The summed E-state index contributed by atoms with van der Waals surface area (Å²) in [5, 5.41) is 18.3. The Bertz CT molecular complexity index is 491. The number of benzene rings is 1. The Morgan fingerprint density at radius 1 is 1.32 bits per heavy atom. The van der Waals surface area contributed by atoms with Crippen LogP contribution in [0.1, 0.15) is 29.2 Å². The average molecular weight is 293 g/mol. The highest BCUT2D eigenvalue weighted by Gasteiger charge is 2.27. The Labute approximate surface area is 112 Å². The minimum absolute atomic E-state index is 0.0401. The van der Waals surface area contributed by atoms with Crippen molar-refractivity contribution in [2.45, 2.75) is 19.0 Å². The van der Waals surface area contributed by atoms with Crippen LogP contribution in [0.25, 0.3) is 0 Å². The van der Waals surface area contributed by atoms with Crippen molar-refractivity contribution in [3.8, 4) is 0 Å². The molecule has 0 aliphatic heterocycles. The number of carbonyl (C=O) groups is 2. The summed E-state index contributed by atoms with van der Waals surface area (Å²) in [6.07, 6.45) is -5.36. The fourth-order valence-corrected chi connectivity index (χ4v) is 1.79. The minimum atomic E-state index is -2.95. The smallest absolute Gasteiger partial charge is 0.337 e. The van der Waals surface area contributed by atoms with E-state index in [4.69, 9.17) is 16.7 Å². The van der Waals surface area contributed by atoms with Crippen LogP contribution in [0.2, 0.25) is 0 Å². The van der Waals surface area contributed by atoms with Gasteiger partial charge in [0.2, 0.25) is 0 Å². The standard InChI is InChI=1S/C12H11ClF2O4/c13-5-7(16)4-6-2-1-3-8(11(14)15)9(6)10(17)12(18)19/h1-3,10-11,17H,4-5H2,(H,18,19). The SMILES string of the molecule is O=C(CCl)Cc1cccc(C(F)F)c1C(O)C(=O)O. The maximum atomic E-state index is 12.8. The van der Waals surface area contributed by atoms with Gasteiger partial charge in [0.05, 0.1) is 5.88 Å². The molecule has 19 heavy (non-hydrogen) atoms. The first-order valence-corrected chi connectivity index (χ1v) is 5.80. The van der Waals surface area contributed by atoms with E-state index >= 15 is 0 Å². The molecule has 7 heteroatoms. The third-order valence-electron chi connectivity index (χ3n) is 2.51. The first-order chi connectivity index (χ1) is 8.88. The van der Waals surface area contributed by atoms with Crippen molar-refractivity contribution in [3.63, 3.8) is 0 Å². The van der Waals surface area contributed by atoms with E-state index < -0.39 is 35.4 Å². The Morgan fingerprint density at radius 2 is 1.95 bits per heavy atom. The highest BCUT2D eigenvalue weighted by Crippen LogP contribution is 2.31. The molecule has 0 amide bonds. The van der Waals surface area contributed by atoms with E-state index in [-0.39, 0.29) is 17.9 Å². The van der Waals surface area contributed by atoms with Crippen molar-refractivity contribution in [1.82, 2.24) is 0 Å². The predicted octanol–water partition coefficient (Wildman–Crippen LogP) is 2.09. The number of carbonyl (C=O) groups excluding carboxylic acids is 1. The lowest BCUT2D eigenvalue weighted by Crippen LogP contribution is -2.17. The lowest BCUT2D eigenvalue weighted by molar-refractivity contribution is -0.147. The Morgan fingerprint density at radius 3 is 2.42 bits per heavy atom. The van der Waals surface area contributed by atoms with E-state index in [1.54, 1.807) is 0 Å². The number of halogens is 3. The second kappa shape index (κ2) is 6.58. The van der Waals surface area contributed by atoms with E-state index in [0.717, 1.165) is 6.07 Å². The number of alkyl halides is 3. The fraction of sp³-hybridized carbons (Fsp3) is 0.333. The van der Waals surface area contributed by atoms with Crippen LogP contribution in [0.4, 0.5) is 8.78 Å². The summed E-state index contributed by atoms with van der Waals surface area (Å²) in [6, 6.07) is 3.61. The average Bonchev–Trinajstić information content (AvgIpc) is 2.37. The molecule has 1 atom stereocenters. The number of hydrogen-bond acceptors (Lipinski definition) is 3. The molecule has 1 unspecified atom stereocenters. The number of rotatable bonds is 6. The number of aliphatic hydroxyl groups is 1. The molecule has 0 aliphatic carbocycles. The highest BCUT2D eigenvalue weighted by atomic mass is 35.5. The number of aliphatic carboxylic acids is 1. The molecule has 0 spiro atoms. The van der Waals surface area contributed by atoms with Crippen LogP contribution in [0, 0.1) is 0 Å². The molecule has 1 rings (SSSR count). The second-order valence-corrected chi connectivity index (χ2v) is 4.08. The van der Waals surface area contributed by atoms with E-state index in [0.29, 0.717) is 0 Å². The molecule has 1 aromatic rings. The van der Waals surface area contributed by atoms with E-state index in [1.807, 2.05) is 0 Å². The van der Waals surface area contributed by atoms with Gasteiger partial charge in [-0.05, 0) is 5.56 Å². The van der Waals surface area contributed by atoms with Gasteiger partial charge in [0.1, 0.15) is 0 Å². The summed E-state index contributed by atoms with van der Waals surface area (Å²) < 4.78 is 25.7. The molecule has 2 N–H and O–H groups in total. The molecule has 0 saturated heterocycles. The number of ketones is 1. The van der Waals surface area contributed by atoms with Gasteiger partial charge in [-0.3, -0.25) is 4.79 Å². The molecule has 1 aromatic carbocycles. The molecular formula is C12H11ClF2O4. The zero-order chi connectivity index (χ0) is 14.6. The molecule has 0 bridgehead atoms. The summed E-state index contributed by atoms with van der Waals surface area (Å²) in [4.78, 5) is 22.0. The van der Waals surface area contributed by atoms with Crippen molar-refractivity contribution < 1.29 is 28.6 Å². The van der Waals surface area contributed by atoms with Crippen LogP contribution in [0.15, 0.2) is 18.2 Å². The van der Waals surface area contributed by atoms with Gasteiger partial charge in [0, 0.05) is 17.5 Å². The van der Waals surface area contributed by atoms with Gasteiger partial charge in [-0.2, -0.15) is 0 Å². The van der Waals surface area contributed by atoms with Crippen molar-refractivity contribution in [1.29, 1.82) is 0 Å². The van der Waals surface area contributed by atoms with Gasteiger partial charge in [-0.25, -0.2) is 13.6 Å². The van der Waals surface area contributed by atoms with Gasteiger partial charge in [-0.15, -0.1) is 11.6 Å². The second-order valence-electron chi connectivity index (χ2n) is 3.81. The number of carboxylic acids is 1. The molecule has 104 valence electrons. The van der Waals surface area contributed by atoms with Crippen molar-refractivity contribution in [3.05, 3.63) is 34.9 Å². The first kappa shape index (κ1) is 15.5. The van der Waals surface area contributed by atoms with Crippen molar-refractivity contribution in [2.24, 2.45) is 0 Å². The molecule has 0 fully saturated rings. The molecule has 0 aliphatic rings. The van der Waals surface area contributed by atoms with Gasteiger partial charge in [0.15, 0.2) is 11.9 Å². The Balaban J connectivity index is 3.33. The number of carboxylic acid groups (broad SMARTS) is 1. The normalized spacial score (nSPS) is 12.5. The summed E-state index contributed by atoms with van der Waals surface area (Å²) in [6.45, 7) is 0. The first-order valence-electron chi connectivity index (χ1n) is 5.26. The lowest BCUT2D eigenvalue weighted by atomic mass is 9.93. The molecule has 0 aromatic heterocycles. The molecule has 0 radical (unpaired) electrons. The van der Waals surface area contributed by atoms with Gasteiger partial charge in [-0.1, -0.05) is 18.2 Å². The molecule has 0 heterocycles. The van der Waals surface area contributed by atoms with Crippen LogP contribution >= 0.6 is 11.6 Å². The molecular weight excluding hydrogens is 282 g/mol. The Hall–Kier alpha value is -1.53. The van der Waals surface area contributed by atoms with Crippen molar-refractivity contribution >= 4 is 23.4 Å². The highest BCUT2D eigenvalue weighted by molar-refractivity contribution is 6.27. The maximum absolute atomic E-state index is 12.8. The van der Waals surface area contributed by atoms with Crippen LogP contribution in [0.5, 0.6) is 0 Å². The number of Topliss-reactive ketones (excluding diaryl/α,β-unsaturated/α-hetero) is 1. The summed E-state index contributed by atoms with van der Waals surface area (Å²) in [5.41, 5.74) is -1.00. The fourth-order valence-electron chi connectivity index (χ4n) is 1.69. The van der Waals surface area contributed by atoms with Crippen molar-refractivity contribution in [2.75, 3.05) is 5.88 Å². The van der Waals surface area contributed by atoms with Crippen LogP contribution in [-0.2, 0) is 16.0 Å². The number of hydrogen-bond donors (Lipinski definition) is 2. The van der Waals surface area contributed by atoms with Gasteiger partial charge >= 0.3 is 5.97 Å². The molecule has 4 nitrogen and oxygen atoms in total. The maximum Gasteiger partial charge on any atom is 0.337 e. The predicted molar refractivity (Wildman–Crippen MR) is 63.4 cm³/mol. The third-order valence-corrected chi connectivity index (χ3v) is 2.81. The van der Waals surface area contributed by atoms with E-state index in [1.165, 1.54) is 12.1 Å². The monoisotopic (exact) mass is 292 g/mol. The van der Waals surface area contributed by atoms with Crippen LogP contribution in [-0.4, -0.2) is 27.8 Å². The number of aliphatic hydroxyl groups excluding tert-OH is 1. The quantitative estimate of drug-likeness (QED) is 0.787. The minimum Gasteiger partial charge on any atom is -0.479 e. The summed E-state index contributed by atoms with van der Waals surface area (Å²) in [5.74, 6) is -2.43. The lowest BCUT2D eigenvalue weighted by Gasteiger charge is -2.16. The van der Waals surface area contributed by atoms with Gasteiger partial charge in [0.25, 0.3) is 6.43 Å². The van der Waals surface area contributed by atoms with Gasteiger partial charge < -0.3 is 10.2 Å². The Kier molecular flexibility index (Phi) is 5.38. The van der Waals surface area contributed by atoms with E-state index in [9.17, 15) is 23.5 Å².